The smallest absolute Gasteiger partial charge is 0.422 e. The predicted molar refractivity (Wildman–Crippen MR) is 130 cm³/mol. The Kier molecular flexibility index (Phi) is 6.20. The van der Waals surface area contributed by atoms with Gasteiger partial charge in [-0.3, -0.25) is 14.9 Å². The van der Waals surface area contributed by atoms with Crippen molar-refractivity contribution in [2.24, 2.45) is 0 Å². The first kappa shape index (κ1) is 24.2. The van der Waals surface area contributed by atoms with Crippen molar-refractivity contribution in [1.29, 1.82) is 0 Å². The van der Waals surface area contributed by atoms with Crippen LogP contribution in [-0.4, -0.2) is 36.7 Å². The first-order valence-electron chi connectivity index (χ1n) is 10.9. The topological polar surface area (TPSA) is 84.9 Å². The zero-order valence-electron chi connectivity index (χ0n) is 18.8. The van der Waals surface area contributed by atoms with Gasteiger partial charge in [-0.1, -0.05) is 47.5 Å². The maximum atomic E-state index is 14.2. The summed E-state index contributed by atoms with van der Waals surface area (Å²) in [6, 6.07) is 16.0. The number of methoxy groups -OCH3 is 1. The van der Waals surface area contributed by atoms with Crippen molar-refractivity contribution >= 4 is 46.9 Å². The fraction of sp³-hybridized carbons (Fsp3) is 0.192. The fourth-order valence-electron chi connectivity index (χ4n) is 4.95. The molecule has 0 aromatic heterocycles. The quantitative estimate of drug-likeness (QED) is 0.478. The third-order valence-electron chi connectivity index (χ3n) is 6.52. The Hall–Kier alpha value is -3.46. The Morgan fingerprint density at radius 3 is 2.08 bits per heavy atom. The van der Waals surface area contributed by atoms with E-state index in [-0.39, 0.29) is 5.69 Å². The molecular formula is C26H19Cl2FN2O5. The Bertz CT molecular complexity index is 1330. The molecule has 2 saturated heterocycles. The van der Waals surface area contributed by atoms with Crippen molar-refractivity contribution in [3.05, 3.63) is 99.8 Å². The number of anilines is 1. The lowest BCUT2D eigenvalue weighted by atomic mass is 9.75. The average Bonchev–Trinajstić information content (AvgIpc) is 3.34. The second kappa shape index (κ2) is 9.20. The summed E-state index contributed by atoms with van der Waals surface area (Å²) in [4.78, 5) is 41.4. The van der Waals surface area contributed by atoms with Gasteiger partial charge in [0.2, 0.25) is 5.60 Å². The van der Waals surface area contributed by atoms with Crippen LogP contribution in [-0.2, 0) is 19.1 Å². The molecule has 2 aliphatic rings. The molecule has 1 spiro atoms. The Morgan fingerprint density at radius 2 is 1.50 bits per heavy atom. The van der Waals surface area contributed by atoms with Crippen LogP contribution in [0.25, 0.3) is 0 Å². The minimum Gasteiger partial charge on any atom is -0.468 e. The Labute approximate surface area is 215 Å². The maximum Gasteiger partial charge on any atom is 0.422 e. The summed E-state index contributed by atoms with van der Waals surface area (Å²) < 4.78 is 24.8. The van der Waals surface area contributed by atoms with Crippen LogP contribution in [0.5, 0.6) is 0 Å². The monoisotopic (exact) mass is 528 g/mol. The molecule has 0 bridgehead atoms. The predicted octanol–water partition coefficient (Wildman–Crippen LogP) is 5.02. The molecule has 1 N–H and O–H groups in total. The fourth-order valence-corrected chi connectivity index (χ4v) is 5.20. The van der Waals surface area contributed by atoms with Crippen molar-refractivity contribution in [3.63, 3.8) is 0 Å². The van der Waals surface area contributed by atoms with Crippen LogP contribution in [0.4, 0.5) is 14.9 Å². The lowest BCUT2D eigenvalue weighted by Gasteiger charge is -2.32. The van der Waals surface area contributed by atoms with Crippen molar-refractivity contribution in [2.45, 2.75) is 23.6 Å². The van der Waals surface area contributed by atoms with Crippen molar-refractivity contribution in [2.75, 3.05) is 12.0 Å². The van der Waals surface area contributed by atoms with E-state index in [1.54, 1.807) is 36.4 Å². The SMILES string of the molecule is COC(=O)[C@@H]1N[C@H](c2ccc(Cl)cc2)[C@@]2(OC(=O)N(c3ccc(Cl)cc3)C2=O)[C@H]1c1ccc(F)cc1. The first-order valence-corrected chi connectivity index (χ1v) is 11.7. The molecule has 0 radical (unpaired) electrons. The zero-order chi connectivity index (χ0) is 25.6. The molecule has 2 heterocycles. The molecule has 0 saturated carbocycles. The molecule has 2 fully saturated rings. The Morgan fingerprint density at radius 1 is 0.944 bits per heavy atom. The summed E-state index contributed by atoms with van der Waals surface area (Å²) in [6.45, 7) is 0. The van der Waals surface area contributed by atoms with Crippen LogP contribution in [0.2, 0.25) is 10.0 Å². The number of amides is 2. The van der Waals surface area contributed by atoms with Gasteiger partial charge in [-0.25, -0.2) is 14.1 Å². The molecule has 5 rings (SSSR count). The normalized spacial score (nSPS) is 25.3. The van der Waals surface area contributed by atoms with E-state index in [4.69, 9.17) is 32.7 Å². The lowest BCUT2D eigenvalue weighted by molar-refractivity contribution is -0.144. The Balaban J connectivity index is 1.72. The second-order valence-corrected chi connectivity index (χ2v) is 9.33. The number of esters is 1. The van der Waals surface area contributed by atoms with Gasteiger partial charge in [-0.2, -0.15) is 0 Å². The van der Waals surface area contributed by atoms with Crippen molar-refractivity contribution in [3.8, 4) is 0 Å². The minimum atomic E-state index is -1.90. The van der Waals surface area contributed by atoms with Crippen LogP contribution in [0, 0.1) is 5.82 Å². The van der Waals surface area contributed by atoms with Gasteiger partial charge >= 0.3 is 12.1 Å². The van der Waals surface area contributed by atoms with Crippen molar-refractivity contribution in [1.82, 2.24) is 5.32 Å². The van der Waals surface area contributed by atoms with Gasteiger partial charge in [-0.15, -0.1) is 0 Å². The molecule has 3 aromatic carbocycles. The van der Waals surface area contributed by atoms with E-state index in [1.165, 1.54) is 43.5 Å². The lowest BCUT2D eigenvalue weighted by Crippen LogP contribution is -2.49. The van der Waals surface area contributed by atoms with Crippen LogP contribution in [0.1, 0.15) is 23.1 Å². The minimum absolute atomic E-state index is 0.250. The van der Waals surface area contributed by atoms with Gasteiger partial charge in [0.15, 0.2) is 0 Å². The second-order valence-electron chi connectivity index (χ2n) is 8.46. The van der Waals surface area contributed by atoms with Gasteiger partial charge in [-0.05, 0) is 59.7 Å². The summed E-state index contributed by atoms with van der Waals surface area (Å²) >= 11 is 12.1. The summed E-state index contributed by atoms with van der Waals surface area (Å²) in [5.41, 5.74) is -0.686. The highest BCUT2D eigenvalue weighted by Gasteiger charge is 2.70. The summed E-state index contributed by atoms with van der Waals surface area (Å²) in [7, 11) is 1.22. The highest BCUT2D eigenvalue weighted by atomic mass is 35.5. The van der Waals surface area contributed by atoms with E-state index in [2.05, 4.69) is 5.32 Å². The van der Waals surface area contributed by atoms with Crippen molar-refractivity contribution < 1.29 is 28.2 Å². The molecule has 0 unspecified atom stereocenters. The van der Waals surface area contributed by atoms with E-state index in [0.717, 1.165) is 4.90 Å². The highest BCUT2D eigenvalue weighted by molar-refractivity contribution is 6.31. The molecule has 36 heavy (non-hydrogen) atoms. The van der Waals surface area contributed by atoms with E-state index in [0.29, 0.717) is 21.2 Å². The number of halogens is 3. The van der Waals surface area contributed by atoms with Gasteiger partial charge < -0.3 is 9.47 Å². The number of carbonyl (C=O) groups is 3. The molecule has 184 valence electrons. The van der Waals surface area contributed by atoms with E-state index in [1.807, 2.05) is 0 Å². The zero-order valence-corrected chi connectivity index (χ0v) is 20.3. The van der Waals surface area contributed by atoms with Crippen LogP contribution < -0.4 is 10.2 Å². The van der Waals surface area contributed by atoms with E-state index >= 15 is 0 Å². The summed E-state index contributed by atoms with van der Waals surface area (Å²) in [5, 5.41) is 4.03. The molecule has 10 heteroatoms. The summed E-state index contributed by atoms with van der Waals surface area (Å²) in [6.07, 6.45) is -0.916. The standard InChI is InChI=1S/C26H19Cl2FN2O5/c1-35-23(32)21-20(14-4-10-18(29)11-5-14)26(22(30-21)15-2-6-16(27)7-3-15)24(33)31(25(34)36-26)19-12-8-17(28)9-13-19/h2-13,20-22,30H,1H3/t20-,21+,22+,26-/m0/s1. The largest absolute Gasteiger partial charge is 0.468 e. The van der Waals surface area contributed by atoms with Crippen LogP contribution in [0.15, 0.2) is 72.8 Å². The molecule has 2 aliphatic heterocycles. The number of benzene rings is 3. The van der Waals surface area contributed by atoms with Gasteiger partial charge in [0.1, 0.15) is 11.9 Å². The number of hydrogen-bond donors (Lipinski definition) is 1. The molecule has 7 nitrogen and oxygen atoms in total. The third kappa shape index (κ3) is 3.82. The van der Waals surface area contributed by atoms with Gasteiger partial charge in [0.25, 0.3) is 5.91 Å². The molecule has 2 amide bonds. The molecule has 4 atom stereocenters. The number of nitrogens with zero attached hydrogens (tertiary/aromatic N) is 1. The number of rotatable bonds is 4. The number of nitrogens with one attached hydrogen (secondary N) is 1. The van der Waals surface area contributed by atoms with Gasteiger partial charge in [0.05, 0.1) is 24.8 Å². The van der Waals surface area contributed by atoms with E-state index in [9.17, 15) is 18.8 Å². The van der Waals surface area contributed by atoms with E-state index < -0.39 is 47.4 Å². The number of imide groups is 1. The van der Waals surface area contributed by atoms with Crippen LogP contribution >= 0.6 is 23.2 Å². The third-order valence-corrected chi connectivity index (χ3v) is 7.02. The number of hydrogen-bond acceptors (Lipinski definition) is 6. The van der Waals surface area contributed by atoms with Gasteiger partial charge in [0, 0.05) is 10.0 Å². The average molecular weight is 529 g/mol. The molecular weight excluding hydrogens is 510 g/mol. The molecule has 0 aliphatic carbocycles. The maximum absolute atomic E-state index is 14.2. The van der Waals surface area contributed by atoms with Crippen LogP contribution in [0.3, 0.4) is 0 Å². The molecule has 3 aromatic rings. The number of ether oxygens (including phenoxy) is 2. The highest BCUT2D eigenvalue weighted by Crippen LogP contribution is 2.53. The number of carbonyl (C=O) groups excluding carboxylic acids is 3. The first-order chi connectivity index (χ1) is 17.3. The summed E-state index contributed by atoms with van der Waals surface area (Å²) in [5.74, 6) is -2.91.